The van der Waals surface area contributed by atoms with Crippen LogP contribution in [0.25, 0.3) is 0 Å². The number of carbonyl (C=O) groups is 3. The van der Waals surface area contributed by atoms with E-state index in [2.05, 4.69) is 15.6 Å². The van der Waals surface area contributed by atoms with Crippen LogP contribution in [0.1, 0.15) is 48.3 Å². The summed E-state index contributed by atoms with van der Waals surface area (Å²) in [5, 5.41) is 24.6. The fourth-order valence-corrected chi connectivity index (χ4v) is 6.10. The number of halogens is 3. The van der Waals surface area contributed by atoms with Crippen LogP contribution in [0, 0.1) is 11.3 Å². The van der Waals surface area contributed by atoms with Gasteiger partial charge < -0.3 is 15.7 Å². The molecule has 0 spiro atoms. The van der Waals surface area contributed by atoms with Crippen molar-refractivity contribution in [1.29, 1.82) is 5.26 Å². The fourth-order valence-electron chi connectivity index (χ4n) is 5.85. The second kappa shape index (κ2) is 12.1. The smallest absolute Gasteiger partial charge is 0.252 e. The fraction of sp³-hybridized carbons (Fsp3) is 0.323. The van der Waals surface area contributed by atoms with Crippen molar-refractivity contribution in [2.24, 2.45) is 0 Å². The summed E-state index contributed by atoms with van der Waals surface area (Å²) < 4.78 is 27.5. The summed E-state index contributed by atoms with van der Waals surface area (Å²) in [5.41, 5.74) is -0.486. The van der Waals surface area contributed by atoms with Crippen molar-refractivity contribution in [3.8, 4) is 6.07 Å². The first-order valence-corrected chi connectivity index (χ1v) is 14.1. The van der Waals surface area contributed by atoms with E-state index in [-0.39, 0.29) is 41.4 Å². The predicted molar refractivity (Wildman–Crippen MR) is 155 cm³/mol. The average molecular weight is 608 g/mol. The van der Waals surface area contributed by atoms with Gasteiger partial charge in [-0.2, -0.15) is 5.26 Å². The number of benzene rings is 2. The van der Waals surface area contributed by atoms with Gasteiger partial charge in [-0.15, -0.1) is 0 Å². The molecule has 1 aromatic heterocycles. The quantitative estimate of drug-likeness (QED) is 0.331. The molecule has 222 valence electrons. The van der Waals surface area contributed by atoms with Crippen molar-refractivity contribution in [2.45, 2.75) is 55.5 Å². The number of nitrogens with one attached hydrogen (secondary N) is 2. The number of amides is 3. The number of aromatic nitrogens is 1. The van der Waals surface area contributed by atoms with Gasteiger partial charge in [-0.1, -0.05) is 41.9 Å². The largest absolute Gasteiger partial charge is 0.396 e. The first-order chi connectivity index (χ1) is 20.6. The molecule has 2 atom stereocenters. The van der Waals surface area contributed by atoms with Crippen LogP contribution in [0.2, 0.25) is 5.02 Å². The third-order valence-electron chi connectivity index (χ3n) is 7.84. The van der Waals surface area contributed by atoms with Crippen molar-refractivity contribution in [3.63, 3.8) is 0 Å². The van der Waals surface area contributed by atoms with Crippen LogP contribution in [0.5, 0.6) is 0 Å². The highest BCUT2D eigenvalue weighted by Gasteiger charge is 2.61. The second-order valence-corrected chi connectivity index (χ2v) is 11.1. The molecule has 2 heterocycles. The average Bonchev–Trinajstić information content (AvgIpc) is 3.31. The molecule has 0 radical (unpaired) electrons. The minimum absolute atomic E-state index is 0.0224. The highest BCUT2D eigenvalue weighted by Crippen LogP contribution is 2.47. The maximum atomic E-state index is 14.6. The molecule has 1 aliphatic heterocycles. The van der Waals surface area contributed by atoms with Gasteiger partial charge in [0.15, 0.2) is 0 Å². The van der Waals surface area contributed by atoms with Crippen molar-refractivity contribution in [3.05, 3.63) is 88.6 Å². The molecule has 1 aliphatic carbocycles. The SMILES string of the molecule is N#Cc1ccnc(N2C(=O)CCC2(C(=O)Nc2cccc(CCO)c2)[C@@H](C(=O)NC2CC(F)(F)C2)c2ccccc2Cl)c1. The van der Waals surface area contributed by atoms with Gasteiger partial charge in [0.2, 0.25) is 11.8 Å². The summed E-state index contributed by atoms with van der Waals surface area (Å²) in [4.78, 5) is 47.8. The van der Waals surface area contributed by atoms with E-state index in [0.29, 0.717) is 12.1 Å². The zero-order valence-electron chi connectivity index (χ0n) is 22.9. The Bertz CT molecular complexity index is 1600. The van der Waals surface area contributed by atoms with Gasteiger partial charge in [0, 0.05) is 48.8 Å². The minimum Gasteiger partial charge on any atom is -0.396 e. The molecular weight excluding hydrogens is 580 g/mol. The Labute approximate surface area is 251 Å². The van der Waals surface area contributed by atoms with E-state index in [4.69, 9.17) is 11.6 Å². The number of rotatable bonds is 9. The second-order valence-electron chi connectivity index (χ2n) is 10.7. The van der Waals surface area contributed by atoms with Gasteiger partial charge >= 0.3 is 0 Å². The third kappa shape index (κ3) is 5.94. The molecule has 1 unspecified atom stereocenters. The lowest BCUT2D eigenvalue weighted by Crippen LogP contribution is -2.63. The van der Waals surface area contributed by atoms with Crippen LogP contribution >= 0.6 is 11.6 Å². The molecule has 3 N–H and O–H groups in total. The summed E-state index contributed by atoms with van der Waals surface area (Å²) in [6.45, 7) is -0.112. The number of aliphatic hydroxyl groups is 1. The van der Waals surface area contributed by atoms with Crippen molar-refractivity contribution < 1.29 is 28.3 Å². The molecule has 2 fully saturated rings. The summed E-state index contributed by atoms with van der Waals surface area (Å²) >= 11 is 6.61. The number of alkyl halides is 2. The van der Waals surface area contributed by atoms with E-state index >= 15 is 0 Å². The number of aliphatic hydroxyl groups excluding tert-OH is 1. The van der Waals surface area contributed by atoms with E-state index < -0.39 is 54.0 Å². The molecule has 0 bridgehead atoms. The topological polar surface area (TPSA) is 135 Å². The standard InChI is InChI=1S/C31H28ClF2N5O4/c32-24-7-2-1-6-23(24)27(28(42)37-22-16-30(33,34)17-22)31(29(43)38-21-5-3-4-19(14-21)10-13-40)11-8-26(41)39(31)25-15-20(18-35)9-12-36-25/h1-7,9,12,14-15,22,27,40H,8,10-11,13,16-17H2,(H,37,42)(H,38,43)/t27-,31?/m1/s1. The summed E-state index contributed by atoms with van der Waals surface area (Å²) in [6.07, 6.45) is 0.254. The first-order valence-electron chi connectivity index (χ1n) is 13.7. The summed E-state index contributed by atoms with van der Waals surface area (Å²) in [7, 11) is 0. The van der Waals surface area contributed by atoms with Crippen LogP contribution in [-0.4, -0.2) is 51.9 Å². The number of hydrogen-bond donors (Lipinski definition) is 3. The Hall–Kier alpha value is -4.40. The minimum atomic E-state index is -2.91. The highest BCUT2D eigenvalue weighted by molar-refractivity contribution is 6.32. The predicted octanol–water partition coefficient (Wildman–Crippen LogP) is 4.34. The van der Waals surface area contributed by atoms with E-state index in [1.807, 2.05) is 6.07 Å². The van der Waals surface area contributed by atoms with Crippen LogP contribution in [0.3, 0.4) is 0 Å². The molecular formula is C31H28ClF2N5O4. The van der Waals surface area contributed by atoms with Crippen molar-refractivity contribution in [1.82, 2.24) is 10.3 Å². The maximum Gasteiger partial charge on any atom is 0.252 e. The normalized spacial score (nSPS) is 20.2. The number of nitriles is 1. The van der Waals surface area contributed by atoms with Gasteiger partial charge in [-0.25, -0.2) is 13.8 Å². The van der Waals surface area contributed by atoms with Crippen LogP contribution in [0.15, 0.2) is 66.9 Å². The molecule has 1 saturated carbocycles. The number of anilines is 2. The molecule has 2 aliphatic rings. The zero-order valence-corrected chi connectivity index (χ0v) is 23.7. The lowest BCUT2D eigenvalue weighted by molar-refractivity contribution is -0.136. The molecule has 2 aromatic carbocycles. The van der Waals surface area contributed by atoms with E-state index in [9.17, 15) is 33.5 Å². The Kier molecular flexibility index (Phi) is 8.44. The van der Waals surface area contributed by atoms with Crippen LogP contribution in [0.4, 0.5) is 20.3 Å². The van der Waals surface area contributed by atoms with Gasteiger partial charge in [0.25, 0.3) is 11.8 Å². The highest BCUT2D eigenvalue weighted by atomic mass is 35.5. The Morgan fingerprint density at radius 3 is 2.63 bits per heavy atom. The number of pyridine rings is 1. The molecule has 9 nitrogen and oxygen atoms in total. The molecule has 3 amide bonds. The van der Waals surface area contributed by atoms with Crippen LogP contribution in [-0.2, 0) is 20.8 Å². The van der Waals surface area contributed by atoms with E-state index in [0.717, 1.165) is 10.5 Å². The zero-order chi connectivity index (χ0) is 30.8. The number of nitrogens with zero attached hydrogens (tertiary/aromatic N) is 3. The van der Waals surface area contributed by atoms with E-state index in [1.165, 1.54) is 24.4 Å². The number of hydrogen-bond acceptors (Lipinski definition) is 6. The summed E-state index contributed by atoms with van der Waals surface area (Å²) in [6, 6.07) is 17.1. The van der Waals surface area contributed by atoms with E-state index in [1.54, 1.807) is 42.5 Å². The molecule has 3 aromatic rings. The van der Waals surface area contributed by atoms with Gasteiger partial charge in [0.05, 0.1) is 17.6 Å². The number of carbonyl (C=O) groups excluding carboxylic acids is 3. The third-order valence-corrected chi connectivity index (χ3v) is 8.19. The molecule has 1 saturated heterocycles. The van der Waals surface area contributed by atoms with Crippen molar-refractivity contribution >= 4 is 40.8 Å². The Balaban J connectivity index is 1.68. The Morgan fingerprint density at radius 1 is 1.16 bits per heavy atom. The maximum absolute atomic E-state index is 14.6. The van der Waals surface area contributed by atoms with Gasteiger partial charge in [-0.05, 0) is 54.3 Å². The van der Waals surface area contributed by atoms with Gasteiger partial charge in [-0.3, -0.25) is 19.3 Å². The lowest BCUT2D eigenvalue weighted by Gasteiger charge is -2.43. The molecule has 5 rings (SSSR count). The summed E-state index contributed by atoms with van der Waals surface area (Å²) in [5.74, 6) is -6.40. The first kappa shape index (κ1) is 30.1. The Morgan fingerprint density at radius 2 is 1.93 bits per heavy atom. The lowest BCUT2D eigenvalue weighted by atomic mass is 9.74. The molecule has 12 heteroatoms. The monoisotopic (exact) mass is 607 g/mol. The van der Waals surface area contributed by atoms with Crippen molar-refractivity contribution in [2.75, 3.05) is 16.8 Å². The molecule has 43 heavy (non-hydrogen) atoms. The van der Waals surface area contributed by atoms with Gasteiger partial charge in [0.1, 0.15) is 11.4 Å². The van der Waals surface area contributed by atoms with Crippen LogP contribution < -0.4 is 15.5 Å².